The van der Waals surface area contributed by atoms with E-state index >= 15 is 0 Å². The Bertz CT molecular complexity index is 798. The van der Waals surface area contributed by atoms with Crippen LogP contribution in [0.25, 0.3) is 0 Å². The van der Waals surface area contributed by atoms with E-state index in [0.717, 1.165) is 24.2 Å². The maximum absolute atomic E-state index is 12.5. The van der Waals surface area contributed by atoms with Gasteiger partial charge in [-0.3, -0.25) is 0 Å². The first-order valence-electron chi connectivity index (χ1n) is 9.04. The SMILES string of the molecule is COc1ccc(C2(NC(=O)Nc3ccc(OC(C)C)cc3)CC2)cc1OC. The number of amides is 2. The largest absolute Gasteiger partial charge is 0.493 e. The van der Waals surface area contributed by atoms with Gasteiger partial charge in [0.1, 0.15) is 5.75 Å². The van der Waals surface area contributed by atoms with Gasteiger partial charge in [0, 0.05) is 5.69 Å². The summed E-state index contributed by atoms with van der Waals surface area (Å²) >= 11 is 0. The van der Waals surface area contributed by atoms with Crippen molar-refractivity contribution in [1.29, 1.82) is 0 Å². The third kappa shape index (κ3) is 4.45. The van der Waals surface area contributed by atoms with Crippen molar-refractivity contribution in [2.24, 2.45) is 0 Å². The molecule has 2 aromatic rings. The molecule has 27 heavy (non-hydrogen) atoms. The molecule has 0 heterocycles. The second-order valence-electron chi connectivity index (χ2n) is 6.92. The first-order chi connectivity index (χ1) is 13.0. The van der Waals surface area contributed by atoms with Crippen LogP contribution in [0.3, 0.4) is 0 Å². The van der Waals surface area contributed by atoms with E-state index in [0.29, 0.717) is 17.2 Å². The Labute approximate surface area is 159 Å². The van der Waals surface area contributed by atoms with Gasteiger partial charge < -0.3 is 24.8 Å². The lowest BCUT2D eigenvalue weighted by atomic mass is 10.0. The van der Waals surface area contributed by atoms with E-state index in [2.05, 4.69) is 10.6 Å². The van der Waals surface area contributed by atoms with Gasteiger partial charge in [0.15, 0.2) is 11.5 Å². The molecule has 2 N–H and O–H groups in total. The molecule has 1 saturated carbocycles. The van der Waals surface area contributed by atoms with E-state index in [1.54, 1.807) is 14.2 Å². The highest BCUT2D eigenvalue weighted by atomic mass is 16.5. The lowest BCUT2D eigenvalue weighted by Gasteiger charge is -2.20. The number of methoxy groups -OCH3 is 2. The summed E-state index contributed by atoms with van der Waals surface area (Å²) < 4.78 is 16.3. The Morgan fingerprint density at radius 1 is 1.00 bits per heavy atom. The number of urea groups is 1. The van der Waals surface area contributed by atoms with Crippen molar-refractivity contribution in [3.05, 3.63) is 48.0 Å². The van der Waals surface area contributed by atoms with Crippen LogP contribution in [0, 0.1) is 0 Å². The van der Waals surface area contributed by atoms with Crippen molar-refractivity contribution in [2.45, 2.75) is 38.3 Å². The number of hydrogen-bond acceptors (Lipinski definition) is 4. The minimum atomic E-state index is -0.357. The van der Waals surface area contributed by atoms with Crippen LogP contribution >= 0.6 is 0 Å². The van der Waals surface area contributed by atoms with E-state index in [9.17, 15) is 4.79 Å². The molecule has 2 aromatic carbocycles. The van der Waals surface area contributed by atoms with Gasteiger partial charge in [-0.25, -0.2) is 4.79 Å². The van der Waals surface area contributed by atoms with Gasteiger partial charge in [0.2, 0.25) is 0 Å². The topological polar surface area (TPSA) is 68.8 Å². The molecule has 6 nitrogen and oxygen atoms in total. The predicted octanol–water partition coefficient (Wildman–Crippen LogP) is 4.30. The number of benzene rings is 2. The molecule has 0 bridgehead atoms. The van der Waals surface area contributed by atoms with Crippen LogP contribution in [0.2, 0.25) is 0 Å². The van der Waals surface area contributed by atoms with E-state index in [-0.39, 0.29) is 17.7 Å². The number of ether oxygens (including phenoxy) is 3. The Morgan fingerprint density at radius 3 is 2.22 bits per heavy atom. The van der Waals surface area contributed by atoms with E-state index < -0.39 is 0 Å². The second kappa shape index (κ2) is 7.78. The van der Waals surface area contributed by atoms with Crippen LogP contribution in [-0.4, -0.2) is 26.4 Å². The summed E-state index contributed by atoms with van der Waals surface area (Å²) in [4.78, 5) is 12.5. The van der Waals surface area contributed by atoms with Crippen molar-refractivity contribution in [1.82, 2.24) is 5.32 Å². The molecular weight excluding hydrogens is 344 g/mol. The molecule has 0 atom stereocenters. The van der Waals surface area contributed by atoms with Crippen LogP contribution in [0.1, 0.15) is 32.3 Å². The zero-order valence-electron chi connectivity index (χ0n) is 16.2. The third-order valence-corrected chi connectivity index (χ3v) is 4.52. The third-order valence-electron chi connectivity index (χ3n) is 4.52. The normalized spacial score (nSPS) is 14.4. The Balaban J connectivity index is 1.65. The first kappa shape index (κ1) is 18.9. The van der Waals surface area contributed by atoms with E-state index in [4.69, 9.17) is 14.2 Å². The highest BCUT2D eigenvalue weighted by Crippen LogP contribution is 2.47. The lowest BCUT2D eigenvalue weighted by Crippen LogP contribution is -2.38. The Hall–Kier alpha value is -2.89. The van der Waals surface area contributed by atoms with Gasteiger partial charge in [-0.05, 0) is 68.7 Å². The summed E-state index contributed by atoms with van der Waals surface area (Å²) in [5, 5.41) is 5.97. The van der Waals surface area contributed by atoms with Gasteiger partial charge in [0.05, 0.1) is 25.9 Å². The molecule has 0 radical (unpaired) electrons. The summed E-state index contributed by atoms with van der Waals surface area (Å²) in [5.74, 6) is 2.11. The maximum Gasteiger partial charge on any atom is 0.319 e. The number of rotatable bonds is 7. The van der Waals surface area contributed by atoms with Crippen molar-refractivity contribution < 1.29 is 19.0 Å². The van der Waals surface area contributed by atoms with Crippen LogP contribution < -0.4 is 24.8 Å². The molecule has 0 aliphatic heterocycles. The fourth-order valence-corrected chi connectivity index (χ4v) is 3.01. The molecule has 3 rings (SSSR count). The van der Waals surface area contributed by atoms with Crippen LogP contribution in [0.4, 0.5) is 10.5 Å². The van der Waals surface area contributed by atoms with Crippen LogP contribution in [-0.2, 0) is 5.54 Å². The second-order valence-corrected chi connectivity index (χ2v) is 6.92. The molecule has 6 heteroatoms. The average Bonchev–Trinajstić information content (AvgIpc) is 3.42. The zero-order chi connectivity index (χ0) is 19.4. The van der Waals surface area contributed by atoms with Gasteiger partial charge >= 0.3 is 6.03 Å². The number of hydrogen-bond donors (Lipinski definition) is 2. The molecule has 1 aliphatic rings. The zero-order valence-corrected chi connectivity index (χ0v) is 16.2. The number of carbonyl (C=O) groups is 1. The standard InChI is InChI=1S/C21H26N2O4/c1-14(2)27-17-8-6-16(7-9-17)22-20(24)23-21(11-12-21)15-5-10-18(25-3)19(13-15)26-4/h5-10,13-14H,11-12H2,1-4H3,(H2,22,23,24). The number of nitrogens with one attached hydrogen (secondary N) is 2. The molecule has 0 saturated heterocycles. The quantitative estimate of drug-likeness (QED) is 0.762. The molecule has 0 aromatic heterocycles. The Kier molecular flexibility index (Phi) is 5.44. The van der Waals surface area contributed by atoms with Crippen LogP contribution in [0.5, 0.6) is 17.2 Å². The van der Waals surface area contributed by atoms with E-state index in [1.807, 2.05) is 56.3 Å². The van der Waals surface area contributed by atoms with Crippen molar-refractivity contribution in [3.8, 4) is 17.2 Å². The Morgan fingerprint density at radius 2 is 1.67 bits per heavy atom. The van der Waals surface area contributed by atoms with Crippen molar-refractivity contribution in [2.75, 3.05) is 19.5 Å². The van der Waals surface area contributed by atoms with Crippen molar-refractivity contribution in [3.63, 3.8) is 0 Å². The van der Waals surface area contributed by atoms with Gasteiger partial charge in [-0.2, -0.15) is 0 Å². The molecule has 1 fully saturated rings. The van der Waals surface area contributed by atoms with Crippen LogP contribution in [0.15, 0.2) is 42.5 Å². The summed E-state index contributed by atoms with van der Waals surface area (Å²) in [6.07, 6.45) is 1.89. The first-order valence-corrected chi connectivity index (χ1v) is 9.04. The fourth-order valence-electron chi connectivity index (χ4n) is 3.01. The monoisotopic (exact) mass is 370 g/mol. The fraction of sp³-hybridized carbons (Fsp3) is 0.381. The number of anilines is 1. The summed E-state index contributed by atoms with van der Waals surface area (Å²) in [6, 6.07) is 12.9. The molecule has 144 valence electrons. The highest BCUT2D eigenvalue weighted by molar-refractivity contribution is 5.90. The van der Waals surface area contributed by atoms with E-state index in [1.165, 1.54) is 0 Å². The van der Waals surface area contributed by atoms with Crippen molar-refractivity contribution >= 4 is 11.7 Å². The smallest absolute Gasteiger partial charge is 0.319 e. The predicted molar refractivity (Wildman–Crippen MR) is 105 cm³/mol. The lowest BCUT2D eigenvalue weighted by molar-refractivity contribution is 0.242. The minimum absolute atomic E-state index is 0.114. The molecule has 0 spiro atoms. The molecule has 1 aliphatic carbocycles. The average molecular weight is 370 g/mol. The number of carbonyl (C=O) groups excluding carboxylic acids is 1. The van der Waals surface area contributed by atoms with Gasteiger partial charge in [-0.1, -0.05) is 6.07 Å². The molecule has 0 unspecified atom stereocenters. The van der Waals surface area contributed by atoms with Gasteiger partial charge in [-0.15, -0.1) is 0 Å². The molecular formula is C21H26N2O4. The maximum atomic E-state index is 12.5. The summed E-state index contributed by atoms with van der Waals surface area (Å²) in [5.41, 5.74) is 1.37. The summed E-state index contributed by atoms with van der Waals surface area (Å²) in [7, 11) is 3.21. The minimum Gasteiger partial charge on any atom is -0.493 e. The highest BCUT2D eigenvalue weighted by Gasteiger charge is 2.46. The molecule has 2 amide bonds. The van der Waals surface area contributed by atoms with Gasteiger partial charge in [0.25, 0.3) is 0 Å². The summed E-state index contributed by atoms with van der Waals surface area (Å²) in [6.45, 7) is 3.95.